The van der Waals surface area contributed by atoms with Crippen LogP contribution in [0.4, 0.5) is 10.2 Å². The molecule has 1 saturated heterocycles. The van der Waals surface area contributed by atoms with E-state index in [1.807, 2.05) is 0 Å². The van der Waals surface area contributed by atoms with E-state index in [2.05, 4.69) is 15.5 Å². The zero-order valence-electron chi connectivity index (χ0n) is 6.83. The Morgan fingerprint density at radius 3 is 2.92 bits per heavy atom. The van der Waals surface area contributed by atoms with Crippen LogP contribution in [0.25, 0.3) is 0 Å². The summed E-state index contributed by atoms with van der Waals surface area (Å²) in [4.78, 5) is 3.58. The molecule has 13 heavy (non-hydrogen) atoms. The monoisotopic (exact) mass is 181 g/mol. The number of rotatable bonds is 2. The van der Waals surface area contributed by atoms with E-state index in [1.54, 1.807) is 12.1 Å². The second-order valence-electron chi connectivity index (χ2n) is 2.63. The quantitative estimate of drug-likeness (QED) is 0.547. The number of nitrogens with one attached hydrogen (secondary N) is 1. The number of anilines is 1. The molecule has 0 radical (unpaired) electrons. The SMILES string of the molecule is Fc1cccc(NN=C2COC2)n1. The molecule has 0 aromatic carbocycles. The Morgan fingerprint density at radius 2 is 2.31 bits per heavy atom. The van der Waals surface area contributed by atoms with Gasteiger partial charge in [0.25, 0.3) is 0 Å². The van der Waals surface area contributed by atoms with Crippen LogP contribution in [0.5, 0.6) is 0 Å². The third-order valence-electron chi connectivity index (χ3n) is 1.58. The van der Waals surface area contributed by atoms with Crippen molar-refractivity contribution in [3.63, 3.8) is 0 Å². The van der Waals surface area contributed by atoms with Gasteiger partial charge in [0.05, 0.1) is 18.9 Å². The Labute approximate surface area is 74.4 Å². The maximum Gasteiger partial charge on any atom is 0.214 e. The molecule has 1 fully saturated rings. The van der Waals surface area contributed by atoms with Gasteiger partial charge in [-0.3, -0.25) is 5.43 Å². The fourth-order valence-corrected chi connectivity index (χ4v) is 0.865. The molecule has 68 valence electrons. The van der Waals surface area contributed by atoms with Crippen molar-refractivity contribution in [3.8, 4) is 0 Å². The lowest BCUT2D eigenvalue weighted by molar-refractivity contribution is 0.159. The molecule has 0 spiro atoms. The summed E-state index contributed by atoms with van der Waals surface area (Å²) in [6, 6.07) is 4.50. The van der Waals surface area contributed by atoms with Crippen molar-refractivity contribution in [2.45, 2.75) is 0 Å². The second-order valence-corrected chi connectivity index (χ2v) is 2.63. The molecule has 5 heteroatoms. The molecule has 0 unspecified atom stereocenters. The van der Waals surface area contributed by atoms with Crippen LogP contribution >= 0.6 is 0 Å². The van der Waals surface area contributed by atoms with E-state index in [1.165, 1.54) is 6.07 Å². The highest BCUT2D eigenvalue weighted by molar-refractivity contribution is 5.91. The van der Waals surface area contributed by atoms with Crippen molar-refractivity contribution in [2.24, 2.45) is 5.10 Å². The van der Waals surface area contributed by atoms with Crippen molar-refractivity contribution >= 4 is 11.5 Å². The summed E-state index contributed by atoms with van der Waals surface area (Å²) in [5, 5.41) is 3.95. The van der Waals surface area contributed by atoms with E-state index in [4.69, 9.17) is 4.74 Å². The molecule has 0 atom stereocenters. The van der Waals surface area contributed by atoms with E-state index in [-0.39, 0.29) is 0 Å². The molecule has 0 aliphatic carbocycles. The second kappa shape index (κ2) is 3.49. The average molecular weight is 181 g/mol. The summed E-state index contributed by atoms with van der Waals surface area (Å²) in [5.41, 5.74) is 3.55. The molecular weight excluding hydrogens is 173 g/mol. The third-order valence-corrected chi connectivity index (χ3v) is 1.58. The largest absolute Gasteiger partial charge is 0.369 e. The van der Waals surface area contributed by atoms with E-state index < -0.39 is 5.95 Å². The lowest BCUT2D eigenvalue weighted by atomic mass is 10.3. The normalized spacial score (nSPS) is 15.0. The van der Waals surface area contributed by atoms with Crippen molar-refractivity contribution in [1.29, 1.82) is 0 Å². The Kier molecular flexibility index (Phi) is 2.18. The summed E-state index contributed by atoms with van der Waals surface area (Å²) in [6.07, 6.45) is 0. The lowest BCUT2D eigenvalue weighted by Gasteiger charge is -2.15. The van der Waals surface area contributed by atoms with Crippen molar-refractivity contribution in [1.82, 2.24) is 4.98 Å². The summed E-state index contributed by atoms with van der Waals surface area (Å²) >= 11 is 0. The zero-order chi connectivity index (χ0) is 9.10. The van der Waals surface area contributed by atoms with Gasteiger partial charge in [-0.1, -0.05) is 6.07 Å². The maximum atomic E-state index is 12.6. The van der Waals surface area contributed by atoms with Crippen LogP contribution in [0.3, 0.4) is 0 Å². The molecule has 1 aromatic rings. The molecule has 1 aliphatic rings. The summed E-state index contributed by atoms with van der Waals surface area (Å²) in [7, 11) is 0. The molecule has 0 saturated carbocycles. The molecule has 2 rings (SSSR count). The van der Waals surface area contributed by atoms with Crippen LogP contribution in [-0.2, 0) is 4.74 Å². The Balaban J connectivity index is 2.01. The summed E-state index contributed by atoms with van der Waals surface area (Å²) < 4.78 is 17.4. The van der Waals surface area contributed by atoms with Crippen molar-refractivity contribution < 1.29 is 9.13 Å². The van der Waals surface area contributed by atoms with Gasteiger partial charge in [-0.25, -0.2) is 4.98 Å². The van der Waals surface area contributed by atoms with Gasteiger partial charge in [-0.2, -0.15) is 9.49 Å². The number of nitrogens with zero attached hydrogens (tertiary/aromatic N) is 2. The number of hydrogen-bond donors (Lipinski definition) is 1. The van der Waals surface area contributed by atoms with E-state index in [9.17, 15) is 4.39 Å². The predicted molar refractivity (Wildman–Crippen MR) is 46.1 cm³/mol. The summed E-state index contributed by atoms with van der Waals surface area (Å²) in [5.74, 6) is -0.116. The van der Waals surface area contributed by atoms with Crippen LogP contribution < -0.4 is 5.43 Å². The van der Waals surface area contributed by atoms with E-state index in [0.29, 0.717) is 19.0 Å². The topological polar surface area (TPSA) is 46.5 Å². The van der Waals surface area contributed by atoms with Gasteiger partial charge < -0.3 is 4.74 Å². The molecule has 1 aromatic heterocycles. The maximum absolute atomic E-state index is 12.6. The molecule has 4 nitrogen and oxygen atoms in total. The highest BCUT2D eigenvalue weighted by Gasteiger charge is 2.10. The van der Waals surface area contributed by atoms with Crippen LogP contribution in [0.2, 0.25) is 0 Å². The highest BCUT2D eigenvalue weighted by Crippen LogP contribution is 2.04. The third kappa shape index (κ3) is 2.00. The van der Waals surface area contributed by atoms with Gasteiger partial charge in [0, 0.05) is 0 Å². The van der Waals surface area contributed by atoms with Crippen LogP contribution in [0.15, 0.2) is 23.3 Å². The van der Waals surface area contributed by atoms with Crippen LogP contribution in [0.1, 0.15) is 0 Å². The molecule has 1 aliphatic heterocycles. The minimum absolute atomic E-state index is 0.402. The van der Waals surface area contributed by atoms with E-state index in [0.717, 1.165) is 5.71 Å². The minimum atomic E-state index is -0.518. The average Bonchev–Trinajstić information content (AvgIpc) is 2.01. The number of aromatic nitrogens is 1. The molecule has 2 heterocycles. The molecule has 0 bridgehead atoms. The van der Waals surface area contributed by atoms with Gasteiger partial charge in [0.1, 0.15) is 5.82 Å². The Hall–Kier alpha value is -1.49. The Morgan fingerprint density at radius 1 is 1.46 bits per heavy atom. The highest BCUT2D eigenvalue weighted by atomic mass is 19.1. The number of pyridine rings is 1. The smallest absolute Gasteiger partial charge is 0.214 e. The van der Waals surface area contributed by atoms with Gasteiger partial charge in [-0.15, -0.1) is 0 Å². The number of hydrogen-bond acceptors (Lipinski definition) is 4. The summed E-state index contributed by atoms with van der Waals surface area (Å²) in [6.45, 7) is 1.09. The predicted octanol–water partition coefficient (Wildman–Crippen LogP) is 1.02. The Bertz CT molecular complexity index is 334. The van der Waals surface area contributed by atoms with Gasteiger partial charge in [-0.05, 0) is 12.1 Å². The lowest BCUT2D eigenvalue weighted by Crippen LogP contribution is -2.28. The first-order valence-corrected chi connectivity index (χ1v) is 3.86. The fourth-order valence-electron chi connectivity index (χ4n) is 0.865. The van der Waals surface area contributed by atoms with Gasteiger partial charge in [0.15, 0.2) is 0 Å². The first-order valence-electron chi connectivity index (χ1n) is 3.86. The molecule has 1 N–H and O–H groups in total. The zero-order valence-corrected chi connectivity index (χ0v) is 6.83. The standard InChI is InChI=1S/C8H8FN3O/c9-7-2-1-3-8(10-7)12-11-6-4-13-5-6/h1-3H,4-5H2,(H,10,12). The first-order chi connectivity index (χ1) is 6.34. The van der Waals surface area contributed by atoms with Crippen LogP contribution in [0, 0.1) is 5.95 Å². The van der Waals surface area contributed by atoms with Crippen molar-refractivity contribution in [3.05, 3.63) is 24.1 Å². The number of hydrazone groups is 1. The number of ether oxygens (including phenoxy) is 1. The molecular formula is C8H8FN3O. The van der Waals surface area contributed by atoms with Crippen molar-refractivity contribution in [2.75, 3.05) is 18.6 Å². The first kappa shape index (κ1) is 8.12. The van der Waals surface area contributed by atoms with Crippen LogP contribution in [-0.4, -0.2) is 23.9 Å². The molecule has 0 amide bonds. The minimum Gasteiger partial charge on any atom is -0.369 e. The van der Waals surface area contributed by atoms with E-state index >= 15 is 0 Å². The van der Waals surface area contributed by atoms with Gasteiger partial charge >= 0.3 is 0 Å². The number of halogens is 1. The fraction of sp³-hybridized carbons (Fsp3) is 0.250. The van der Waals surface area contributed by atoms with Gasteiger partial charge in [0.2, 0.25) is 5.95 Å².